The summed E-state index contributed by atoms with van der Waals surface area (Å²) < 4.78 is 64.8. The smallest absolute Gasteiger partial charge is 0.440 e. The Morgan fingerprint density at radius 2 is 1.97 bits per heavy atom. The summed E-state index contributed by atoms with van der Waals surface area (Å²) in [6, 6.07) is 2.28. The standard InChI is InChI=1S/C21H20Cl2F4N4O5/c1-10(32)5-11(24)6-16(35-9-28-12-3-2-4-12)36-17-14(22)7-13(8-15(17)23)31-20(34)29-19(33)18(30-31)21(25,26)27/h5,7-8,12,16,28,32H,1-4,6,9H2,(H,29,33,34)/b11-5+. The van der Waals surface area contributed by atoms with Gasteiger partial charge in [-0.3, -0.25) is 15.1 Å². The lowest BCUT2D eigenvalue weighted by Gasteiger charge is -2.28. The molecule has 1 aromatic carbocycles. The molecule has 1 fully saturated rings. The summed E-state index contributed by atoms with van der Waals surface area (Å²) in [7, 11) is 0. The van der Waals surface area contributed by atoms with Gasteiger partial charge in [0.25, 0.3) is 5.56 Å². The lowest BCUT2D eigenvalue weighted by molar-refractivity contribution is -0.143. The van der Waals surface area contributed by atoms with Crippen LogP contribution in [-0.2, 0) is 10.9 Å². The zero-order chi connectivity index (χ0) is 26.6. The number of hydrogen-bond acceptors (Lipinski definition) is 7. The van der Waals surface area contributed by atoms with E-state index >= 15 is 0 Å². The van der Waals surface area contributed by atoms with Gasteiger partial charge in [-0.1, -0.05) is 36.2 Å². The van der Waals surface area contributed by atoms with Crippen molar-refractivity contribution >= 4 is 23.2 Å². The number of allylic oxidation sites excluding steroid dienone is 1. The Morgan fingerprint density at radius 3 is 2.50 bits per heavy atom. The third-order valence-corrected chi connectivity index (χ3v) is 5.57. The number of halogens is 6. The molecule has 196 valence electrons. The number of benzene rings is 1. The van der Waals surface area contributed by atoms with Crippen LogP contribution in [0.2, 0.25) is 10.0 Å². The molecule has 3 N–H and O–H groups in total. The van der Waals surface area contributed by atoms with Crippen LogP contribution in [0.5, 0.6) is 5.75 Å². The molecule has 3 rings (SSSR count). The van der Waals surface area contributed by atoms with Crippen molar-refractivity contribution in [1.29, 1.82) is 0 Å². The molecule has 1 unspecified atom stereocenters. The zero-order valence-electron chi connectivity index (χ0n) is 18.4. The predicted octanol–water partition coefficient (Wildman–Crippen LogP) is 4.38. The van der Waals surface area contributed by atoms with Crippen LogP contribution in [0.3, 0.4) is 0 Å². The summed E-state index contributed by atoms with van der Waals surface area (Å²) >= 11 is 12.4. The van der Waals surface area contributed by atoms with E-state index in [9.17, 15) is 32.3 Å². The van der Waals surface area contributed by atoms with E-state index in [1.807, 2.05) is 0 Å². The van der Waals surface area contributed by atoms with Gasteiger partial charge in [-0.25, -0.2) is 9.18 Å². The first kappa shape index (κ1) is 27.7. The van der Waals surface area contributed by atoms with Crippen LogP contribution < -0.4 is 21.3 Å². The molecule has 1 saturated carbocycles. The fraction of sp³-hybridized carbons (Fsp3) is 0.381. The van der Waals surface area contributed by atoms with Crippen LogP contribution in [0.4, 0.5) is 17.6 Å². The minimum atomic E-state index is -5.13. The molecule has 1 heterocycles. The molecule has 1 aliphatic carbocycles. The number of aromatic amines is 1. The van der Waals surface area contributed by atoms with Gasteiger partial charge in [0, 0.05) is 12.1 Å². The first-order chi connectivity index (χ1) is 16.8. The van der Waals surface area contributed by atoms with E-state index in [-0.39, 0.29) is 38.9 Å². The monoisotopic (exact) mass is 554 g/mol. The van der Waals surface area contributed by atoms with Gasteiger partial charge in [0.15, 0.2) is 5.75 Å². The molecule has 1 aromatic heterocycles. The summed E-state index contributed by atoms with van der Waals surface area (Å²) in [6.07, 6.45) is -3.15. The van der Waals surface area contributed by atoms with Crippen LogP contribution in [0.25, 0.3) is 5.69 Å². The highest BCUT2D eigenvalue weighted by Crippen LogP contribution is 2.36. The van der Waals surface area contributed by atoms with Crippen molar-refractivity contribution in [1.82, 2.24) is 20.1 Å². The van der Waals surface area contributed by atoms with Gasteiger partial charge in [-0.05, 0) is 25.0 Å². The summed E-state index contributed by atoms with van der Waals surface area (Å²) in [6.45, 7) is 3.16. The van der Waals surface area contributed by atoms with E-state index in [0.29, 0.717) is 0 Å². The Labute approximate surface area is 210 Å². The Bertz CT molecular complexity index is 1250. The van der Waals surface area contributed by atoms with Crippen molar-refractivity contribution < 1.29 is 32.1 Å². The summed E-state index contributed by atoms with van der Waals surface area (Å²) in [5, 5.41) is 14.8. The van der Waals surface area contributed by atoms with Crippen LogP contribution >= 0.6 is 23.2 Å². The minimum Gasteiger partial charge on any atom is -0.508 e. The second-order valence-corrected chi connectivity index (χ2v) is 8.55. The topological polar surface area (TPSA) is 118 Å². The molecule has 1 aliphatic rings. The fourth-order valence-corrected chi connectivity index (χ4v) is 3.64. The van der Waals surface area contributed by atoms with Crippen molar-refractivity contribution in [3.63, 3.8) is 0 Å². The Kier molecular flexibility index (Phi) is 8.82. The molecule has 0 radical (unpaired) electrons. The summed E-state index contributed by atoms with van der Waals surface area (Å²) in [5.41, 5.74) is -5.14. The third kappa shape index (κ3) is 7.09. The molecule has 0 bridgehead atoms. The molecular formula is C21H20Cl2F4N4O5. The van der Waals surface area contributed by atoms with E-state index in [1.54, 1.807) is 0 Å². The van der Waals surface area contributed by atoms with Gasteiger partial charge in [0.1, 0.15) is 18.3 Å². The van der Waals surface area contributed by atoms with Gasteiger partial charge in [0.05, 0.1) is 22.2 Å². The average Bonchev–Trinajstić information content (AvgIpc) is 2.70. The average molecular weight is 555 g/mol. The molecule has 0 aliphatic heterocycles. The lowest BCUT2D eigenvalue weighted by Crippen LogP contribution is -2.38. The third-order valence-electron chi connectivity index (χ3n) is 5.00. The number of ether oxygens (including phenoxy) is 2. The van der Waals surface area contributed by atoms with E-state index < -0.39 is 47.4 Å². The maximum absolute atomic E-state index is 14.2. The molecule has 0 amide bonds. The van der Waals surface area contributed by atoms with E-state index in [0.717, 1.165) is 37.5 Å². The largest absolute Gasteiger partial charge is 0.508 e. The zero-order valence-corrected chi connectivity index (χ0v) is 19.9. The molecule has 0 saturated heterocycles. The van der Waals surface area contributed by atoms with Crippen LogP contribution in [0.15, 0.2) is 46.0 Å². The maximum Gasteiger partial charge on any atom is 0.440 e. The number of hydrogen-bond donors (Lipinski definition) is 3. The molecule has 36 heavy (non-hydrogen) atoms. The van der Waals surface area contributed by atoms with Crippen LogP contribution in [0.1, 0.15) is 31.4 Å². The van der Waals surface area contributed by atoms with Gasteiger partial charge in [-0.2, -0.15) is 23.0 Å². The van der Waals surface area contributed by atoms with Crippen molar-refractivity contribution in [2.24, 2.45) is 0 Å². The number of rotatable bonds is 10. The molecule has 9 nitrogen and oxygen atoms in total. The first-order valence-electron chi connectivity index (χ1n) is 10.4. The molecule has 1 atom stereocenters. The second-order valence-electron chi connectivity index (χ2n) is 7.73. The Balaban J connectivity index is 1.89. The highest BCUT2D eigenvalue weighted by Gasteiger charge is 2.37. The highest BCUT2D eigenvalue weighted by atomic mass is 35.5. The lowest BCUT2D eigenvalue weighted by atomic mass is 9.93. The highest BCUT2D eigenvalue weighted by molar-refractivity contribution is 6.37. The van der Waals surface area contributed by atoms with E-state index in [2.05, 4.69) is 17.0 Å². The molecule has 15 heteroatoms. The SMILES string of the molecule is C=C(O)/C=C(/F)CC(OCNC1CCC1)Oc1c(Cl)cc(-n2nc(C(F)(F)F)c(=O)[nH]c2=O)cc1Cl. The van der Waals surface area contributed by atoms with Gasteiger partial charge in [0.2, 0.25) is 12.0 Å². The Morgan fingerprint density at radius 1 is 1.33 bits per heavy atom. The first-order valence-corrected chi connectivity index (χ1v) is 11.2. The minimum absolute atomic E-state index is 0.00703. The van der Waals surface area contributed by atoms with E-state index in [4.69, 9.17) is 32.7 Å². The maximum atomic E-state index is 14.2. The fourth-order valence-electron chi connectivity index (χ4n) is 3.08. The molecule has 2 aromatic rings. The number of aromatic nitrogens is 3. The number of nitrogens with one attached hydrogen (secondary N) is 2. The predicted molar refractivity (Wildman–Crippen MR) is 122 cm³/mol. The number of nitrogens with zero attached hydrogens (tertiary/aromatic N) is 2. The van der Waals surface area contributed by atoms with Gasteiger partial charge in [-0.15, -0.1) is 0 Å². The van der Waals surface area contributed by atoms with Crippen molar-refractivity contribution in [3.8, 4) is 11.4 Å². The van der Waals surface area contributed by atoms with Gasteiger partial charge < -0.3 is 14.6 Å². The van der Waals surface area contributed by atoms with Crippen molar-refractivity contribution in [2.75, 3.05) is 6.73 Å². The van der Waals surface area contributed by atoms with Crippen LogP contribution in [0, 0.1) is 0 Å². The number of aliphatic hydroxyl groups excluding tert-OH is 1. The van der Waals surface area contributed by atoms with Crippen LogP contribution in [-0.4, -0.2) is 38.9 Å². The van der Waals surface area contributed by atoms with E-state index in [1.165, 1.54) is 4.98 Å². The summed E-state index contributed by atoms with van der Waals surface area (Å²) in [5.74, 6) is -1.58. The number of aliphatic hydroxyl groups is 1. The van der Waals surface area contributed by atoms with Gasteiger partial charge >= 0.3 is 11.9 Å². The summed E-state index contributed by atoms with van der Waals surface area (Å²) in [4.78, 5) is 25.1. The number of H-pyrrole nitrogens is 1. The molecular weight excluding hydrogens is 535 g/mol. The quantitative estimate of drug-likeness (QED) is 0.172. The Hall–Kier alpha value is -2.87. The normalized spacial score (nSPS) is 15.4. The van der Waals surface area contributed by atoms with Crippen molar-refractivity contribution in [3.05, 3.63) is 73.0 Å². The van der Waals surface area contributed by atoms with Crippen molar-refractivity contribution in [2.45, 2.75) is 44.2 Å². The number of alkyl halides is 3. The second kappa shape index (κ2) is 11.5. The molecule has 0 spiro atoms.